The highest BCUT2D eigenvalue weighted by Crippen LogP contribution is 2.25. The average Bonchev–Trinajstić information content (AvgIpc) is 3.33. The van der Waals surface area contributed by atoms with E-state index >= 15 is 0 Å². The Kier molecular flexibility index (Phi) is 5.42. The Morgan fingerprint density at radius 3 is 2.86 bits per heavy atom. The van der Waals surface area contributed by atoms with Crippen LogP contribution in [0.25, 0.3) is 10.9 Å². The predicted octanol–water partition coefficient (Wildman–Crippen LogP) is 4.16. The lowest BCUT2D eigenvalue weighted by atomic mass is 10.1. The molecule has 1 amide bonds. The van der Waals surface area contributed by atoms with Crippen LogP contribution in [0.1, 0.15) is 36.0 Å². The molecule has 2 N–H and O–H groups in total. The van der Waals surface area contributed by atoms with Crippen LogP contribution in [0.5, 0.6) is 0 Å². The van der Waals surface area contributed by atoms with Gasteiger partial charge in [0.25, 0.3) is 5.91 Å². The summed E-state index contributed by atoms with van der Waals surface area (Å²) in [5.74, 6) is -0.646. The zero-order chi connectivity index (χ0) is 19.3. The zero-order valence-corrected chi connectivity index (χ0v) is 15.8. The van der Waals surface area contributed by atoms with Gasteiger partial charge in [0.15, 0.2) is 6.61 Å². The molecule has 2 aromatic carbocycles. The highest BCUT2D eigenvalue weighted by atomic mass is 16.5. The largest absolute Gasteiger partial charge is 0.456 e. The summed E-state index contributed by atoms with van der Waals surface area (Å²) in [5.41, 5.74) is 5.72. The quantitative estimate of drug-likeness (QED) is 0.608. The lowest BCUT2D eigenvalue weighted by Gasteiger charge is -2.08. The van der Waals surface area contributed by atoms with Crippen molar-refractivity contribution in [3.8, 4) is 0 Å². The van der Waals surface area contributed by atoms with E-state index in [-0.39, 0.29) is 18.5 Å². The monoisotopic (exact) mass is 376 g/mol. The minimum Gasteiger partial charge on any atom is -0.456 e. The standard InChI is InChI=1S/C23H24N2O3/c26-22(25-19-12-11-16-5-3-6-17(16)13-19)15-28-23(27)10-4-7-18-14-24-21-9-2-1-8-20(18)21/h1-2,8-9,11-14,24H,3-7,10,15H2,(H,25,26). The summed E-state index contributed by atoms with van der Waals surface area (Å²) in [7, 11) is 0. The number of rotatable bonds is 7. The molecular weight excluding hydrogens is 352 g/mol. The smallest absolute Gasteiger partial charge is 0.306 e. The van der Waals surface area contributed by atoms with Crippen molar-refractivity contribution in [3.05, 3.63) is 65.4 Å². The maximum atomic E-state index is 12.0. The fourth-order valence-corrected chi connectivity index (χ4v) is 3.83. The molecule has 0 spiro atoms. The number of para-hydroxylation sites is 1. The van der Waals surface area contributed by atoms with Gasteiger partial charge >= 0.3 is 5.97 Å². The lowest BCUT2D eigenvalue weighted by Crippen LogP contribution is -2.21. The molecule has 1 heterocycles. The number of hydrogen-bond donors (Lipinski definition) is 2. The van der Waals surface area contributed by atoms with Crippen LogP contribution in [-0.4, -0.2) is 23.5 Å². The number of nitrogens with one attached hydrogen (secondary N) is 2. The number of anilines is 1. The summed E-state index contributed by atoms with van der Waals surface area (Å²) in [6.45, 7) is -0.247. The topological polar surface area (TPSA) is 71.2 Å². The number of aromatic nitrogens is 1. The molecule has 3 aromatic rings. The Labute approximate surface area is 164 Å². The van der Waals surface area contributed by atoms with Crippen LogP contribution in [0.2, 0.25) is 0 Å². The number of hydrogen-bond acceptors (Lipinski definition) is 3. The molecular formula is C23H24N2O3. The van der Waals surface area contributed by atoms with Crippen LogP contribution < -0.4 is 5.32 Å². The first kappa shape index (κ1) is 18.3. The summed E-state index contributed by atoms with van der Waals surface area (Å²) in [6, 6.07) is 14.1. The Morgan fingerprint density at radius 1 is 1.07 bits per heavy atom. The first-order chi connectivity index (χ1) is 13.7. The summed E-state index contributed by atoms with van der Waals surface area (Å²) in [4.78, 5) is 27.2. The van der Waals surface area contributed by atoms with E-state index in [4.69, 9.17) is 4.74 Å². The van der Waals surface area contributed by atoms with Gasteiger partial charge < -0.3 is 15.0 Å². The number of H-pyrrole nitrogens is 1. The van der Waals surface area contributed by atoms with Gasteiger partial charge in [-0.15, -0.1) is 0 Å². The Morgan fingerprint density at radius 2 is 1.93 bits per heavy atom. The van der Waals surface area contributed by atoms with Crippen molar-refractivity contribution >= 4 is 28.5 Å². The van der Waals surface area contributed by atoms with Gasteiger partial charge in [-0.25, -0.2) is 0 Å². The molecule has 1 aromatic heterocycles. The summed E-state index contributed by atoms with van der Waals surface area (Å²) in [6.07, 6.45) is 7.10. The molecule has 4 rings (SSSR count). The molecule has 5 heteroatoms. The number of ether oxygens (including phenoxy) is 1. The molecule has 0 saturated carbocycles. The van der Waals surface area contributed by atoms with E-state index in [0.29, 0.717) is 12.8 Å². The number of carbonyl (C=O) groups is 2. The second kappa shape index (κ2) is 8.30. The number of aryl methyl sites for hydroxylation is 3. The van der Waals surface area contributed by atoms with E-state index < -0.39 is 0 Å². The highest BCUT2D eigenvalue weighted by molar-refractivity contribution is 5.93. The van der Waals surface area contributed by atoms with E-state index in [1.54, 1.807) is 0 Å². The van der Waals surface area contributed by atoms with Gasteiger partial charge in [0, 0.05) is 29.2 Å². The van der Waals surface area contributed by atoms with E-state index in [1.807, 2.05) is 36.5 Å². The van der Waals surface area contributed by atoms with Crippen LogP contribution in [0, 0.1) is 0 Å². The molecule has 0 bridgehead atoms. The molecule has 0 atom stereocenters. The van der Waals surface area contributed by atoms with Crippen molar-refractivity contribution in [2.75, 3.05) is 11.9 Å². The molecule has 1 aliphatic carbocycles. The van der Waals surface area contributed by atoms with Gasteiger partial charge in [0.2, 0.25) is 0 Å². The third kappa shape index (κ3) is 4.25. The third-order valence-electron chi connectivity index (χ3n) is 5.25. The van der Waals surface area contributed by atoms with Crippen molar-refractivity contribution in [1.29, 1.82) is 0 Å². The summed E-state index contributed by atoms with van der Waals surface area (Å²) in [5, 5.41) is 3.99. The van der Waals surface area contributed by atoms with Gasteiger partial charge in [0.05, 0.1) is 0 Å². The van der Waals surface area contributed by atoms with Crippen LogP contribution >= 0.6 is 0 Å². The highest BCUT2D eigenvalue weighted by Gasteiger charge is 2.13. The summed E-state index contributed by atoms with van der Waals surface area (Å²) < 4.78 is 5.12. The molecule has 1 aliphatic rings. The second-order valence-electron chi connectivity index (χ2n) is 7.26. The number of amides is 1. The lowest BCUT2D eigenvalue weighted by molar-refractivity contribution is -0.147. The molecule has 144 valence electrons. The van der Waals surface area contributed by atoms with Gasteiger partial charge in [-0.2, -0.15) is 0 Å². The first-order valence-corrected chi connectivity index (χ1v) is 9.81. The fourth-order valence-electron chi connectivity index (χ4n) is 3.83. The van der Waals surface area contributed by atoms with E-state index in [2.05, 4.69) is 22.4 Å². The molecule has 0 saturated heterocycles. The Hall–Kier alpha value is -3.08. The van der Waals surface area contributed by atoms with Gasteiger partial charge in [-0.1, -0.05) is 24.3 Å². The number of esters is 1. The zero-order valence-electron chi connectivity index (χ0n) is 15.8. The minimum atomic E-state index is -0.344. The Balaban J connectivity index is 1.19. The first-order valence-electron chi connectivity index (χ1n) is 9.81. The number of aromatic amines is 1. The third-order valence-corrected chi connectivity index (χ3v) is 5.25. The molecule has 28 heavy (non-hydrogen) atoms. The van der Waals surface area contributed by atoms with Crippen LogP contribution in [0.4, 0.5) is 5.69 Å². The maximum Gasteiger partial charge on any atom is 0.306 e. The second-order valence-corrected chi connectivity index (χ2v) is 7.26. The van der Waals surface area contributed by atoms with Crippen LogP contribution in [0.15, 0.2) is 48.7 Å². The molecule has 0 radical (unpaired) electrons. The maximum absolute atomic E-state index is 12.0. The van der Waals surface area contributed by atoms with Gasteiger partial charge in [-0.3, -0.25) is 9.59 Å². The van der Waals surface area contributed by atoms with Crippen molar-refractivity contribution in [2.24, 2.45) is 0 Å². The van der Waals surface area contributed by atoms with Crippen molar-refractivity contribution in [2.45, 2.75) is 38.5 Å². The van der Waals surface area contributed by atoms with E-state index in [9.17, 15) is 9.59 Å². The number of fused-ring (bicyclic) bond motifs is 2. The van der Waals surface area contributed by atoms with Crippen molar-refractivity contribution in [3.63, 3.8) is 0 Å². The number of benzene rings is 2. The molecule has 5 nitrogen and oxygen atoms in total. The van der Waals surface area contributed by atoms with E-state index in [1.165, 1.54) is 28.5 Å². The molecule has 0 fully saturated rings. The summed E-state index contributed by atoms with van der Waals surface area (Å²) >= 11 is 0. The normalized spacial score (nSPS) is 12.7. The predicted molar refractivity (Wildman–Crippen MR) is 109 cm³/mol. The van der Waals surface area contributed by atoms with Gasteiger partial charge in [-0.05, 0) is 67.0 Å². The molecule has 0 unspecified atom stereocenters. The van der Waals surface area contributed by atoms with Crippen molar-refractivity contribution < 1.29 is 14.3 Å². The van der Waals surface area contributed by atoms with Crippen LogP contribution in [0.3, 0.4) is 0 Å². The average molecular weight is 376 g/mol. The van der Waals surface area contributed by atoms with Gasteiger partial charge in [0.1, 0.15) is 0 Å². The number of carbonyl (C=O) groups excluding carboxylic acids is 2. The molecule has 0 aliphatic heterocycles. The van der Waals surface area contributed by atoms with Crippen molar-refractivity contribution in [1.82, 2.24) is 4.98 Å². The fraction of sp³-hybridized carbons (Fsp3) is 0.304. The minimum absolute atomic E-state index is 0.247. The SMILES string of the molecule is O=C(COC(=O)CCCc1c[nH]c2ccccc12)Nc1ccc2c(c1)CCC2. The Bertz CT molecular complexity index is 1010. The van der Waals surface area contributed by atoms with E-state index in [0.717, 1.165) is 30.5 Å². The van der Waals surface area contributed by atoms with Crippen LogP contribution in [-0.2, 0) is 33.6 Å².